The van der Waals surface area contributed by atoms with Gasteiger partial charge >= 0.3 is 6.09 Å². The van der Waals surface area contributed by atoms with Gasteiger partial charge < -0.3 is 20.3 Å². The zero-order chi connectivity index (χ0) is 23.8. The molecule has 1 aromatic carbocycles. The lowest BCUT2D eigenvalue weighted by molar-refractivity contribution is -0.121. The monoisotopic (exact) mass is 465 g/mol. The van der Waals surface area contributed by atoms with E-state index in [9.17, 15) is 14.7 Å². The summed E-state index contributed by atoms with van der Waals surface area (Å²) >= 11 is 0. The highest BCUT2D eigenvalue weighted by molar-refractivity contribution is 5.94. The number of amides is 2. The highest BCUT2D eigenvalue weighted by Gasteiger charge is 2.31. The molecule has 0 unspecified atom stereocenters. The first-order valence-corrected chi connectivity index (χ1v) is 11.9. The molecule has 0 saturated carbocycles. The van der Waals surface area contributed by atoms with E-state index in [0.29, 0.717) is 19.5 Å². The molecule has 0 bridgehead atoms. The number of rotatable bonds is 7. The molecule has 2 aliphatic rings. The molecule has 180 valence electrons. The first kappa shape index (κ1) is 22.4. The van der Waals surface area contributed by atoms with Gasteiger partial charge in [0, 0.05) is 56.6 Å². The molecular weight excluding hydrogens is 434 g/mol. The smallest absolute Gasteiger partial charge is 0.412 e. The predicted octanol–water partition coefficient (Wildman–Crippen LogP) is 2.10. The van der Waals surface area contributed by atoms with Crippen molar-refractivity contribution in [3.63, 3.8) is 0 Å². The van der Waals surface area contributed by atoms with E-state index in [1.54, 1.807) is 6.20 Å². The third-order valence-electron chi connectivity index (χ3n) is 7.24. The Labute approximate surface area is 197 Å². The number of nitrogens with zero attached hydrogens (tertiary/aromatic N) is 6. The molecular formula is C24H31N7O3. The number of likely N-dealkylation sites (tertiary alicyclic amines) is 1. The first-order chi connectivity index (χ1) is 16.4. The molecule has 1 saturated heterocycles. The van der Waals surface area contributed by atoms with Crippen molar-refractivity contribution in [1.82, 2.24) is 24.2 Å². The van der Waals surface area contributed by atoms with Gasteiger partial charge in [-0.3, -0.25) is 14.4 Å². The van der Waals surface area contributed by atoms with Crippen molar-refractivity contribution in [2.45, 2.75) is 51.7 Å². The van der Waals surface area contributed by atoms with E-state index in [4.69, 9.17) is 10.7 Å². The van der Waals surface area contributed by atoms with Gasteiger partial charge in [0.1, 0.15) is 5.82 Å². The van der Waals surface area contributed by atoms with Crippen LogP contribution in [-0.2, 0) is 30.7 Å². The Hall–Kier alpha value is -3.40. The first-order valence-electron chi connectivity index (χ1n) is 11.9. The van der Waals surface area contributed by atoms with Crippen molar-refractivity contribution in [3.05, 3.63) is 42.0 Å². The summed E-state index contributed by atoms with van der Waals surface area (Å²) in [6, 6.07) is 5.78. The standard InChI is InChI=1S/C24H31N7O3/c1-16-3-4-18-19(31(16)24(33)34)5-6-20-22(18)27-21(8-12-29-10-2-9-26-29)30(20)14-13-28-11-7-17(15-28)23(25)32/h2,5-6,9-10,16-17H,3-4,7-8,11-15H2,1H3,(H2,25,32)(H,33,34)/t16-,17-/m0/s1. The average molecular weight is 466 g/mol. The maximum atomic E-state index is 11.9. The number of benzene rings is 1. The second-order valence-electron chi connectivity index (χ2n) is 9.36. The van der Waals surface area contributed by atoms with E-state index in [1.807, 2.05) is 36.0 Å². The number of aryl methyl sites for hydroxylation is 3. The number of primary amides is 1. The zero-order valence-corrected chi connectivity index (χ0v) is 19.4. The van der Waals surface area contributed by atoms with Crippen LogP contribution in [0.3, 0.4) is 0 Å². The molecule has 34 heavy (non-hydrogen) atoms. The molecule has 3 N–H and O–H groups in total. The second-order valence-corrected chi connectivity index (χ2v) is 9.36. The maximum absolute atomic E-state index is 11.9. The van der Waals surface area contributed by atoms with Crippen LogP contribution in [-0.4, -0.2) is 67.0 Å². The largest absolute Gasteiger partial charge is 0.465 e. The van der Waals surface area contributed by atoms with Crippen LogP contribution in [0.5, 0.6) is 0 Å². The van der Waals surface area contributed by atoms with Gasteiger partial charge in [-0.25, -0.2) is 9.78 Å². The Morgan fingerprint density at radius 2 is 2.06 bits per heavy atom. The van der Waals surface area contributed by atoms with Gasteiger partial charge in [0.2, 0.25) is 5.91 Å². The van der Waals surface area contributed by atoms with Crippen LogP contribution in [0.4, 0.5) is 10.5 Å². The van der Waals surface area contributed by atoms with Crippen molar-refractivity contribution >= 4 is 28.7 Å². The summed E-state index contributed by atoms with van der Waals surface area (Å²) in [5.74, 6) is 0.666. The van der Waals surface area contributed by atoms with Gasteiger partial charge in [-0.2, -0.15) is 5.10 Å². The fourth-order valence-electron chi connectivity index (χ4n) is 5.36. The van der Waals surface area contributed by atoms with Crippen molar-refractivity contribution in [1.29, 1.82) is 0 Å². The number of nitrogens with two attached hydrogens (primary N) is 1. The molecule has 0 radical (unpaired) electrons. The number of aromatic nitrogens is 4. The minimum absolute atomic E-state index is 0.0582. The normalized spacial score (nSPS) is 20.7. The molecule has 3 aromatic rings. The maximum Gasteiger partial charge on any atom is 0.412 e. The second kappa shape index (κ2) is 9.09. The lowest BCUT2D eigenvalue weighted by Gasteiger charge is -2.33. The van der Waals surface area contributed by atoms with E-state index < -0.39 is 6.09 Å². The van der Waals surface area contributed by atoms with Gasteiger partial charge in [-0.15, -0.1) is 0 Å². The zero-order valence-electron chi connectivity index (χ0n) is 19.4. The fourth-order valence-corrected chi connectivity index (χ4v) is 5.36. The fraction of sp³-hybridized carbons (Fsp3) is 0.500. The summed E-state index contributed by atoms with van der Waals surface area (Å²) < 4.78 is 4.14. The van der Waals surface area contributed by atoms with Crippen molar-refractivity contribution < 1.29 is 14.7 Å². The van der Waals surface area contributed by atoms with Crippen molar-refractivity contribution in [2.75, 3.05) is 24.5 Å². The molecule has 2 aromatic heterocycles. The number of carbonyl (C=O) groups excluding carboxylic acids is 1. The Morgan fingerprint density at radius 3 is 2.76 bits per heavy atom. The lowest BCUT2D eigenvalue weighted by atomic mass is 9.96. The number of fused-ring (bicyclic) bond motifs is 3. The molecule has 2 amide bonds. The van der Waals surface area contributed by atoms with Crippen LogP contribution >= 0.6 is 0 Å². The van der Waals surface area contributed by atoms with Gasteiger partial charge in [0.15, 0.2) is 0 Å². The van der Waals surface area contributed by atoms with E-state index in [2.05, 4.69) is 14.6 Å². The molecule has 2 aliphatic heterocycles. The number of carbonyl (C=O) groups is 2. The Bertz CT molecular complexity index is 1200. The van der Waals surface area contributed by atoms with Gasteiger partial charge in [-0.1, -0.05) is 0 Å². The predicted molar refractivity (Wildman–Crippen MR) is 128 cm³/mol. The highest BCUT2D eigenvalue weighted by Crippen LogP contribution is 2.36. The summed E-state index contributed by atoms with van der Waals surface area (Å²) in [5, 5.41) is 14.1. The molecule has 0 aliphatic carbocycles. The molecule has 4 heterocycles. The minimum Gasteiger partial charge on any atom is -0.465 e. The van der Waals surface area contributed by atoms with E-state index >= 15 is 0 Å². The van der Waals surface area contributed by atoms with Crippen molar-refractivity contribution in [3.8, 4) is 0 Å². The van der Waals surface area contributed by atoms with Crippen LogP contribution in [0.25, 0.3) is 11.0 Å². The number of imidazole rings is 1. The van der Waals surface area contributed by atoms with E-state index in [1.165, 1.54) is 4.90 Å². The van der Waals surface area contributed by atoms with Crippen LogP contribution in [0.2, 0.25) is 0 Å². The number of hydrogen-bond acceptors (Lipinski definition) is 5. The van der Waals surface area contributed by atoms with Crippen LogP contribution in [0.15, 0.2) is 30.6 Å². The number of carboxylic acid groups (broad SMARTS) is 1. The minimum atomic E-state index is -0.927. The van der Waals surface area contributed by atoms with Gasteiger partial charge in [-0.05, 0) is 50.9 Å². The summed E-state index contributed by atoms with van der Waals surface area (Å²) in [5.41, 5.74) is 9.17. The summed E-state index contributed by atoms with van der Waals surface area (Å²) in [6.45, 7) is 5.78. The lowest BCUT2D eigenvalue weighted by Crippen LogP contribution is -2.41. The Morgan fingerprint density at radius 1 is 1.21 bits per heavy atom. The van der Waals surface area contributed by atoms with Crippen LogP contribution < -0.4 is 10.6 Å². The summed E-state index contributed by atoms with van der Waals surface area (Å²) in [7, 11) is 0. The topological polar surface area (TPSA) is 123 Å². The quantitative estimate of drug-likeness (QED) is 0.551. The average Bonchev–Trinajstić information content (AvgIpc) is 3.55. The van der Waals surface area contributed by atoms with Crippen LogP contribution in [0, 0.1) is 5.92 Å². The van der Waals surface area contributed by atoms with E-state index in [-0.39, 0.29) is 17.9 Å². The molecule has 5 rings (SSSR count). The van der Waals surface area contributed by atoms with Crippen molar-refractivity contribution in [2.24, 2.45) is 11.7 Å². The SMILES string of the molecule is C[C@H]1CCc2c(ccc3c2nc(CCn2cccn2)n3CCN2CC[C@H](C(N)=O)C2)N1C(=O)O. The summed E-state index contributed by atoms with van der Waals surface area (Å²) in [4.78, 5) is 32.3. The molecule has 0 spiro atoms. The molecule has 10 heteroatoms. The Balaban J connectivity index is 1.47. The molecule has 10 nitrogen and oxygen atoms in total. The number of hydrogen-bond donors (Lipinski definition) is 2. The van der Waals surface area contributed by atoms with Gasteiger partial charge in [0.25, 0.3) is 0 Å². The van der Waals surface area contributed by atoms with E-state index in [0.717, 1.165) is 67.0 Å². The highest BCUT2D eigenvalue weighted by atomic mass is 16.4. The third-order valence-corrected chi connectivity index (χ3v) is 7.24. The Kier molecular flexibility index (Phi) is 5.99. The van der Waals surface area contributed by atoms with Gasteiger partial charge in [0.05, 0.1) is 22.6 Å². The van der Waals surface area contributed by atoms with Crippen LogP contribution in [0.1, 0.15) is 31.2 Å². The number of anilines is 1. The molecule has 1 fully saturated rings. The third kappa shape index (κ3) is 4.13. The molecule has 2 atom stereocenters. The summed E-state index contributed by atoms with van der Waals surface area (Å²) in [6.07, 6.45) is 5.88.